The summed E-state index contributed by atoms with van der Waals surface area (Å²) in [6.45, 7) is 3.87. The molecule has 2 N–H and O–H groups in total. The van der Waals surface area contributed by atoms with Gasteiger partial charge in [0, 0.05) is 5.69 Å². The third-order valence-electron chi connectivity index (χ3n) is 3.11. The molecule has 4 heteroatoms. The molecule has 0 saturated carbocycles. The lowest BCUT2D eigenvalue weighted by Crippen LogP contribution is -2.04. The zero-order chi connectivity index (χ0) is 14.7. The van der Waals surface area contributed by atoms with Gasteiger partial charge < -0.3 is 15.2 Å². The smallest absolute Gasteiger partial charge is 0.337 e. The van der Waals surface area contributed by atoms with E-state index in [0.29, 0.717) is 5.69 Å². The molecule has 0 bridgehead atoms. The minimum Gasteiger partial charge on any atom is -0.497 e. The highest BCUT2D eigenvalue weighted by molar-refractivity contribution is 5.95. The molecule has 0 radical (unpaired) electrons. The van der Waals surface area contributed by atoms with Gasteiger partial charge in [-0.1, -0.05) is 6.07 Å². The average molecular weight is 271 g/mol. The molecule has 0 aliphatic carbocycles. The number of aryl methyl sites for hydroxylation is 2. The van der Waals surface area contributed by atoms with Crippen molar-refractivity contribution in [3.05, 3.63) is 53.1 Å². The first-order chi connectivity index (χ1) is 9.51. The summed E-state index contributed by atoms with van der Waals surface area (Å²) >= 11 is 0. The van der Waals surface area contributed by atoms with E-state index in [1.54, 1.807) is 19.2 Å². The fourth-order valence-electron chi connectivity index (χ4n) is 2.00. The molecular weight excluding hydrogens is 254 g/mol. The highest BCUT2D eigenvalue weighted by Crippen LogP contribution is 2.27. The maximum atomic E-state index is 11.2. The van der Waals surface area contributed by atoms with Crippen molar-refractivity contribution in [1.29, 1.82) is 0 Å². The summed E-state index contributed by atoms with van der Waals surface area (Å²) in [5.74, 6) is -0.172. The summed E-state index contributed by atoms with van der Waals surface area (Å²) in [5, 5.41) is 12.4. The van der Waals surface area contributed by atoms with E-state index >= 15 is 0 Å². The maximum absolute atomic E-state index is 11.2. The van der Waals surface area contributed by atoms with Gasteiger partial charge in [-0.05, 0) is 55.3 Å². The van der Waals surface area contributed by atoms with Gasteiger partial charge in [0.25, 0.3) is 0 Å². The average Bonchev–Trinajstić information content (AvgIpc) is 2.40. The van der Waals surface area contributed by atoms with Gasteiger partial charge in [-0.3, -0.25) is 0 Å². The van der Waals surface area contributed by atoms with Gasteiger partial charge in [0.2, 0.25) is 0 Å². The summed E-state index contributed by atoms with van der Waals surface area (Å²) in [7, 11) is 1.62. The Morgan fingerprint density at radius 3 is 2.45 bits per heavy atom. The molecule has 2 rings (SSSR count). The van der Waals surface area contributed by atoms with E-state index in [9.17, 15) is 9.90 Å². The molecule has 0 aliphatic heterocycles. The number of benzene rings is 2. The number of aromatic carboxylic acids is 1. The van der Waals surface area contributed by atoms with E-state index in [-0.39, 0.29) is 5.56 Å². The van der Waals surface area contributed by atoms with Crippen molar-refractivity contribution >= 4 is 17.3 Å². The zero-order valence-corrected chi connectivity index (χ0v) is 11.7. The molecule has 0 atom stereocenters. The van der Waals surface area contributed by atoms with E-state index in [0.717, 1.165) is 22.6 Å². The van der Waals surface area contributed by atoms with Crippen LogP contribution < -0.4 is 10.1 Å². The van der Waals surface area contributed by atoms with Crippen molar-refractivity contribution in [3.8, 4) is 5.75 Å². The second-order valence-electron chi connectivity index (χ2n) is 4.66. The van der Waals surface area contributed by atoms with Crippen molar-refractivity contribution in [1.82, 2.24) is 0 Å². The molecule has 0 heterocycles. The largest absolute Gasteiger partial charge is 0.497 e. The van der Waals surface area contributed by atoms with Crippen LogP contribution in [0.4, 0.5) is 11.4 Å². The summed E-state index contributed by atoms with van der Waals surface area (Å²) < 4.78 is 5.16. The van der Waals surface area contributed by atoms with Crippen LogP contribution in [0, 0.1) is 13.8 Å². The van der Waals surface area contributed by atoms with Gasteiger partial charge in [0.05, 0.1) is 18.4 Å². The predicted octanol–water partition coefficient (Wildman–Crippen LogP) is 3.75. The zero-order valence-electron chi connectivity index (χ0n) is 11.7. The van der Waals surface area contributed by atoms with Crippen LogP contribution in [0.25, 0.3) is 0 Å². The predicted molar refractivity (Wildman–Crippen MR) is 79.2 cm³/mol. The molecular formula is C16H17NO3. The molecule has 0 amide bonds. The summed E-state index contributed by atoms with van der Waals surface area (Å²) in [6, 6.07) is 10.8. The summed E-state index contributed by atoms with van der Waals surface area (Å²) in [6.07, 6.45) is 0. The van der Waals surface area contributed by atoms with Gasteiger partial charge in [-0.25, -0.2) is 4.79 Å². The number of methoxy groups -OCH3 is 1. The minimum absolute atomic E-state index is 0.255. The summed E-state index contributed by atoms with van der Waals surface area (Å²) in [4.78, 5) is 11.2. The van der Waals surface area contributed by atoms with E-state index in [4.69, 9.17) is 4.74 Å². The standard InChI is InChI=1S/C16H17NO3/c1-10-4-6-13(16(18)19)15(8-10)17-14-7-5-12(20-3)9-11(14)2/h4-9,17H,1-3H3,(H,18,19). The van der Waals surface area contributed by atoms with Crippen molar-refractivity contribution in [2.24, 2.45) is 0 Å². The normalized spacial score (nSPS) is 10.2. The minimum atomic E-state index is -0.946. The van der Waals surface area contributed by atoms with Crippen molar-refractivity contribution < 1.29 is 14.6 Å². The van der Waals surface area contributed by atoms with Crippen molar-refractivity contribution in [3.63, 3.8) is 0 Å². The molecule has 0 aromatic heterocycles. The number of hydrogen-bond acceptors (Lipinski definition) is 3. The SMILES string of the molecule is COc1ccc(Nc2cc(C)ccc2C(=O)O)c(C)c1. The Balaban J connectivity index is 2.39. The maximum Gasteiger partial charge on any atom is 0.337 e. The van der Waals surface area contributed by atoms with Gasteiger partial charge >= 0.3 is 5.97 Å². The number of anilines is 2. The number of rotatable bonds is 4. The first-order valence-corrected chi connectivity index (χ1v) is 6.27. The monoisotopic (exact) mass is 271 g/mol. The molecule has 20 heavy (non-hydrogen) atoms. The molecule has 0 aliphatic rings. The number of ether oxygens (including phenoxy) is 1. The van der Waals surface area contributed by atoms with Crippen LogP contribution in [0.5, 0.6) is 5.75 Å². The number of carboxylic acids is 1. The van der Waals surface area contributed by atoms with Gasteiger partial charge in [-0.2, -0.15) is 0 Å². The van der Waals surface area contributed by atoms with Crippen LogP contribution in [0.2, 0.25) is 0 Å². The third-order valence-corrected chi connectivity index (χ3v) is 3.11. The Morgan fingerprint density at radius 2 is 1.85 bits per heavy atom. The molecule has 104 valence electrons. The Bertz CT molecular complexity index is 650. The number of hydrogen-bond donors (Lipinski definition) is 2. The van der Waals surface area contributed by atoms with Crippen LogP contribution in [0.3, 0.4) is 0 Å². The molecule has 0 spiro atoms. The molecule has 0 saturated heterocycles. The van der Waals surface area contributed by atoms with E-state index in [1.807, 2.05) is 38.1 Å². The second-order valence-corrected chi connectivity index (χ2v) is 4.66. The number of carbonyl (C=O) groups is 1. The fraction of sp³-hybridized carbons (Fsp3) is 0.188. The number of carboxylic acid groups (broad SMARTS) is 1. The Morgan fingerprint density at radius 1 is 1.10 bits per heavy atom. The van der Waals surface area contributed by atoms with Crippen LogP contribution in [0.1, 0.15) is 21.5 Å². The molecule has 2 aromatic carbocycles. The van der Waals surface area contributed by atoms with Crippen molar-refractivity contribution in [2.75, 3.05) is 12.4 Å². The molecule has 4 nitrogen and oxygen atoms in total. The Kier molecular flexibility index (Phi) is 3.94. The lowest BCUT2D eigenvalue weighted by atomic mass is 10.1. The first kappa shape index (κ1) is 13.9. The molecule has 0 unspecified atom stereocenters. The van der Waals surface area contributed by atoms with Gasteiger partial charge in [0.1, 0.15) is 5.75 Å². The fourth-order valence-corrected chi connectivity index (χ4v) is 2.00. The molecule has 2 aromatic rings. The van der Waals surface area contributed by atoms with E-state index in [1.165, 1.54) is 0 Å². The first-order valence-electron chi connectivity index (χ1n) is 6.27. The van der Waals surface area contributed by atoms with Gasteiger partial charge in [-0.15, -0.1) is 0 Å². The lowest BCUT2D eigenvalue weighted by Gasteiger charge is -2.13. The van der Waals surface area contributed by atoms with Crippen LogP contribution >= 0.6 is 0 Å². The highest BCUT2D eigenvalue weighted by Gasteiger charge is 2.11. The van der Waals surface area contributed by atoms with Crippen molar-refractivity contribution in [2.45, 2.75) is 13.8 Å². The second kappa shape index (κ2) is 5.65. The van der Waals surface area contributed by atoms with Gasteiger partial charge in [0.15, 0.2) is 0 Å². The highest BCUT2D eigenvalue weighted by atomic mass is 16.5. The molecule has 0 fully saturated rings. The van der Waals surface area contributed by atoms with E-state index in [2.05, 4.69) is 5.32 Å². The van der Waals surface area contributed by atoms with E-state index < -0.39 is 5.97 Å². The third kappa shape index (κ3) is 2.91. The topological polar surface area (TPSA) is 58.6 Å². The quantitative estimate of drug-likeness (QED) is 0.889. The number of nitrogens with one attached hydrogen (secondary N) is 1. The van der Waals surface area contributed by atoms with Crippen LogP contribution in [-0.2, 0) is 0 Å². The Hall–Kier alpha value is -2.49. The summed E-state index contributed by atoms with van der Waals surface area (Å²) in [5.41, 5.74) is 3.70. The van der Waals surface area contributed by atoms with Crippen LogP contribution in [-0.4, -0.2) is 18.2 Å². The van der Waals surface area contributed by atoms with Crippen LogP contribution in [0.15, 0.2) is 36.4 Å². The lowest BCUT2D eigenvalue weighted by molar-refractivity contribution is 0.0698. The Labute approximate surface area is 118 Å².